The summed E-state index contributed by atoms with van der Waals surface area (Å²) >= 11 is 0. The number of nitrogens with two attached hydrogens (primary N) is 6. The minimum atomic E-state index is -1.33. The van der Waals surface area contributed by atoms with Crippen molar-refractivity contribution in [3.05, 3.63) is 0 Å². The van der Waals surface area contributed by atoms with Gasteiger partial charge in [0.25, 0.3) is 0 Å². The second kappa shape index (κ2) is 18.2. The molecule has 17 nitrogen and oxygen atoms in total. The Morgan fingerprint density at radius 1 is 0.692 bits per heavy atom. The van der Waals surface area contributed by atoms with Gasteiger partial charge in [-0.25, -0.2) is 4.79 Å². The minimum Gasteiger partial charge on any atom is -0.480 e. The maximum absolute atomic E-state index is 13.2. The molecule has 0 fully saturated rings. The Hall–Kier alpha value is -4.15. The lowest BCUT2D eigenvalue weighted by atomic mass is 10.0. The predicted octanol–water partition coefficient (Wildman–Crippen LogP) is -4.12. The van der Waals surface area contributed by atoms with Crippen LogP contribution in [0.25, 0.3) is 0 Å². The first kappa shape index (κ1) is 34.9. The van der Waals surface area contributed by atoms with E-state index in [4.69, 9.17) is 34.4 Å². The number of hydrogen-bond donors (Lipinski definition) is 10. The number of primary amides is 1. The van der Waals surface area contributed by atoms with Crippen molar-refractivity contribution in [2.24, 2.45) is 50.3 Å². The van der Waals surface area contributed by atoms with Crippen LogP contribution in [0.5, 0.6) is 0 Å². The zero-order chi connectivity index (χ0) is 30.1. The number of nitrogens with zero attached hydrogens (tertiary/aromatic N) is 2. The van der Waals surface area contributed by atoms with E-state index in [9.17, 15) is 29.1 Å². The first-order chi connectivity index (χ1) is 18.1. The number of amides is 4. The number of nitrogens with one attached hydrogen (secondary N) is 3. The van der Waals surface area contributed by atoms with Gasteiger partial charge in [0, 0.05) is 19.5 Å². The van der Waals surface area contributed by atoms with Gasteiger partial charge in [-0.2, -0.15) is 0 Å². The lowest BCUT2D eigenvalue weighted by Gasteiger charge is -2.25. The summed E-state index contributed by atoms with van der Waals surface area (Å²) in [5, 5.41) is 16.9. The summed E-state index contributed by atoms with van der Waals surface area (Å²) in [7, 11) is 0. The molecule has 17 heteroatoms. The Balaban J connectivity index is 5.67. The van der Waals surface area contributed by atoms with E-state index >= 15 is 0 Å². The third kappa shape index (κ3) is 15.6. The molecule has 0 aliphatic rings. The van der Waals surface area contributed by atoms with Crippen LogP contribution in [0.2, 0.25) is 0 Å². The van der Waals surface area contributed by atoms with Crippen LogP contribution in [-0.2, 0) is 24.0 Å². The van der Waals surface area contributed by atoms with Crippen LogP contribution in [0, 0.1) is 5.92 Å². The van der Waals surface area contributed by atoms with Crippen molar-refractivity contribution in [2.75, 3.05) is 13.1 Å². The first-order valence-electron chi connectivity index (χ1n) is 12.4. The highest BCUT2D eigenvalue weighted by atomic mass is 16.4. The highest BCUT2D eigenvalue weighted by Gasteiger charge is 2.30. The summed E-state index contributed by atoms with van der Waals surface area (Å²) in [6.07, 6.45) is 0.125. The van der Waals surface area contributed by atoms with Gasteiger partial charge in [0.1, 0.15) is 18.1 Å². The van der Waals surface area contributed by atoms with Crippen molar-refractivity contribution < 1.29 is 29.1 Å². The van der Waals surface area contributed by atoms with Crippen molar-refractivity contribution in [1.82, 2.24) is 16.0 Å². The van der Waals surface area contributed by atoms with E-state index < -0.39 is 53.8 Å². The van der Waals surface area contributed by atoms with Gasteiger partial charge in [0.05, 0.1) is 6.04 Å². The van der Waals surface area contributed by atoms with Gasteiger partial charge in [0.15, 0.2) is 11.9 Å². The Morgan fingerprint density at radius 3 is 1.51 bits per heavy atom. The SMILES string of the molecule is CC(C)C(N)C(=O)NC(CCCN=C(N)N)C(=O)NC(CCC(N)=O)C(=O)NC(CCCN=C(N)N)C(=O)O. The van der Waals surface area contributed by atoms with E-state index in [2.05, 4.69) is 25.9 Å². The Kier molecular flexibility index (Phi) is 16.2. The minimum absolute atomic E-state index is 0.00902. The Morgan fingerprint density at radius 2 is 1.10 bits per heavy atom. The first-order valence-corrected chi connectivity index (χ1v) is 12.4. The molecule has 0 aromatic carbocycles. The molecular weight excluding hydrogens is 514 g/mol. The molecule has 0 heterocycles. The molecule has 0 saturated carbocycles. The summed E-state index contributed by atoms with van der Waals surface area (Å²) in [5.41, 5.74) is 32.2. The van der Waals surface area contributed by atoms with Crippen molar-refractivity contribution in [2.45, 2.75) is 76.5 Å². The maximum Gasteiger partial charge on any atom is 0.326 e. The number of carboxylic acid groups (broad SMARTS) is 1. The van der Waals surface area contributed by atoms with E-state index in [1.807, 2.05) is 0 Å². The van der Waals surface area contributed by atoms with Crippen molar-refractivity contribution in [3.63, 3.8) is 0 Å². The van der Waals surface area contributed by atoms with Crippen LogP contribution in [0.3, 0.4) is 0 Å². The van der Waals surface area contributed by atoms with Gasteiger partial charge in [-0.1, -0.05) is 13.8 Å². The second-order valence-electron chi connectivity index (χ2n) is 9.19. The monoisotopic (exact) mass is 557 g/mol. The molecule has 0 aliphatic heterocycles. The molecule has 0 radical (unpaired) electrons. The summed E-state index contributed by atoms with van der Waals surface area (Å²) in [5.74, 6) is -4.77. The number of hydrogen-bond acceptors (Lipinski definition) is 8. The zero-order valence-corrected chi connectivity index (χ0v) is 22.4. The number of carbonyl (C=O) groups excluding carboxylic acids is 4. The van der Waals surface area contributed by atoms with Gasteiger partial charge in [-0.3, -0.25) is 29.2 Å². The van der Waals surface area contributed by atoms with Gasteiger partial charge in [0.2, 0.25) is 23.6 Å². The largest absolute Gasteiger partial charge is 0.480 e. The molecule has 0 bridgehead atoms. The molecular formula is C22H43N11O6. The summed E-state index contributed by atoms with van der Waals surface area (Å²) in [4.78, 5) is 69.3. The number of carbonyl (C=O) groups is 5. The number of carboxylic acids is 1. The van der Waals surface area contributed by atoms with E-state index in [0.717, 1.165) is 0 Å². The lowest BCUT2D eigenvalue weighted by molar-refractivity contribution is -0.142. The highest BCUT2D eigenvalue weighted by Crippen LogP contribution is 2.07. The fourth-order valence-corrected chi connectivity index (χ4v) is 3.20. The molecule has 0 aliphatic carbocycles. The molecule has 4 atom stereocenters. The molecule has 39 heavy (non-hydrogen) atoms. The molecule has 0 saturated heterocycles. The smallest absolute Gasteiger partial charge is 0.326 e. The molecule has 0 aromatic heterocycles. The third-order valence-corrected chi connectivity index (χ3v) is 5.47. The standard InChI is InChI=1S/C22H43N11O6/c1-11(2)16(24)19(37)32-12(5-3-9-29-21(25)26)17(35)31-13(7-8-15(23)34)18(36)33-14(20(38)39)6-4-10-30-22(27)28/h11-14,16H,3-10,24H2,1-2H3,(H2,23,34)(H,31,35)(H,32,37)(H,33,36)(H,38,39)(H4,25,26,29)(H4,27,28,30). The van der Waals surface area contributed by atoms with Gasteiger partial charge in [-0.15, -0.1) is 0 Å². The number of rotatable bonds is 19. The molecule has 0 spiro atoms. The van der Waals surface area contributed by atoms with Crippen LogP contribution < -0.4 is 50.4 Å². The number of aliphatic carboxylic acids is 1. The molecule has 16 N–H and O–H groups in total. The highest BCUT2D eigenvalue weighted by molar-refractivity contribution is 5.94. The van der Waals surface area contributed by atoms with Crippen LogP contribution in [-0.4, -0.2) is 83.9 Å². The zero-order valence-electron chi connectivity index (χ0n) is 22.4. The van der Waals surface area contributed by atoms with Crippen LogP contribution in [0.15, 0.2) is 9.98 Å². The van der Waals surface area contributed by atoms with Crippen LogP contribution in [0.1, 0.15) is 52.4 Å². The van der Waals surface area contributed by atoms with E-state index in [1.165, 1.54) is 0 Å². The Labute approximate surface area is 226 Å². The van der Waals surface area contributed by atoms with Gasteiger partial charge >= 0.3 is 5.97 Å². The third-order valence-electron chi connectivity index (χ3n) is 5.47. The molecule has 4 unspecified atom stereocenters. The number of guanidine groups is 2. The van der Waals surface area contributed by atoms with Gasteiger partial charge in [-0.05, 0) is 38.0 Å². The van der Waals surface area contributed by atoms with Crippen molar-refractivity contribution >= 4 is 41.5 Å². The lowest BCUT2D eigenvalue weighted by Crippen LogP contribution is -2.57. The van der Waals surface area contributed by atoms with Crippen LogP contribution in [0.4, 0.5) is 0 Å². The summed E-state index contributed by atoms with van der Waals surface area (Å²) < 4.78 is 0. The Bertz CT molecular complexity index is 901. The predicted molar refractivity (Wildman–Crippen MR) is 144 cm³/mol. The molecule has 0 rings (SSSR count). The van der Waals surface area contributed by atoms with E-state index in [-0.39, 0.29) is 63.0 Å². The number of aliphatic imine (C=N–C) groups is 2. The molecule has 222 valence electrons. The second-order valence-corrected chi connectivity index (χ2v) is 9.19. The fourth-order valence-electron chi connectivity index (χ4n) is 3.20. The van der Waals surface area contributed by atoms with Gasteiger partial charge < -0.3 is 55.5 Å². The van der Waals surface area contributed by atoms with Crippen LogP contribution >= 0.6 is 0 Å². The normalized spacial score (nSPS) is 13.7. The summed E-state index contributed by atoms with van der Waals surface area (Å²) in [6, 6.07) is -4.68. The van der Waals surface area contributed by atoms with Crippen molar-refractivity contribution in [3.8, 4) is 0 Å². The molecule has 0 aromatic rings. The topological polar surface area (TPSA) is 323 Å². The van der Waals surface area contributed by atoms with E-state index in [1.54, 1.807) is 13.8 Å². The summed E-state index contributed by atoms with van der Waals surface area (Å²) in [6.45, 7) is 3.78. The van der Waals surface area contributed by atoms with E-state index in [0.29, 0.717) is 6.42 Å². The van der Waals surface area contributed by atoms with Crippen molar-refractivity contribution in [1.29, 1.82) is 0 Å². The fraction of sp³-hybridized carbons (Fsp3) is 0.682. The average Bonchev–Trinajstić information content (AvgIpc) is 2.83. The molecule has 4 amide bonds. The quantitative estimate of drug-likeness (QED) is 0.0413. The maximum atomic E-state index is 13.2. The average molecular weight is 558 g/mol.